The minimum atomic E-state index is 0.569. The number of para-hydroxylation sites is 1. The van der Waals surface area contributed by atoms with Crippen molar-refractivity contribution in [3.63, 3.8) is 0 Å². The van der Waals surface area contributed by atoms with E-state index in [-0.39, 0.29) is 0 Å². The first kappa shape index (κ1) is 14.1. The van der Waals surface area contributed by atoms with E-state index in [9.17, 15) is 0 Å². The molecule has 0 aliphatic rings. The summed E-state index contributed by atoms with van der Waals surface area (Å²) >= 11 is 12.1. The highest BCUT2D eigenvalue weighted by atomic mass is 35.5. The van der Waals surface area contributed by atoms with Gasteiger partial charge < -0.3 is 0 Å². The highest BCUT2D eigenvalue weighted by molar-refractivity contribution is 7.69. The average Bonchev–Trinajstić information content (AvgIpc) is 2.71. The molecule has 0 N–H and O–H groups in total. The maximum atomic E-state index is 6.14. The van der Waals surface area contributed by atoms with Crippen molar-refractivity contribution in [2.75, 3.05) is 0 Å². The molecular formula is C13H13Cl2NS2. The van der Waals surface area contributed by atoms with Crippen LogP contribution in [0.3, 0.4) is 0 Å². The Morgan fingerprint density at radius 2 is 1.67 bits per heavy atom. The van der Waals surface area contributed by atoms with Gasteiger partial charge in [-0.15, -0.1) is 0 Å². The third-order valence-corrected chi connectivity index (χ3v) is 6.23. The minimum Gasteiger partial charge on any atom is -0.235 e. The SMILES string of the molecule is CCc1cccc(CC)c1N=c1ssc(Cl)c1Cl. The molecule has 0 radical (unpaired) electrons. The van der Waals surface area contributed by atoms with E-state index < -0.39 is 0 Å². The molecule has 0 spiro atoms. The quantitative estimate of drug-likeness (QED) is 0.665. The summed E-state index contributed by atoms with van der Waals surface area (Å²) in [5.74, 6) is 0. The van der Waals surface area contributed by atoms with E-state index in [2.05, 4.69) is 32.0 Å². The fraction of sp³-hybridized carbons (Fsp3) is 0.308. The number of hydrogen-bond acceptors (Lipinski definition) is 3. The zero-order valence-corrected chi connectivity index (χ0v) is 13.3. The molecule has 0 saturated carbocycles. The largest absolute Gasteiger partial charge is 0.235 e. The second-order valence-corrected chi connectivity index (χ2v) is 6.91. The molecule has 96 valence electrons. The molecule has 0 bridgehead atoms. The van der Waals surface area contributed by atoms with Crippen LogP contribution in [0.15, 0.2) is 23.2 Å². The Bertz CT molecular complexity index is 591. The molecule has 0 aliphatic carbocycles. The van der Waals surface area contributed by atoms with Crippen LogP contribution in [0.2, 0.25) is 9.36 Å². The van der Waals surface area contributed by atoms with Crippen LogP contribution < -0.4 is 4.67 Å². The van der Waals surface area contributed by atoms with E-state index in [0.717, 1.165) is 23.2 Å². The summed E-state index contributed by atoms with van der Waals surface area (Å²) in [5.41, 5.74) is 3.55. The van der Waals surface area contributed by atoms with E-state index >= 15 is 0 Å². The van der Waals surface area contributed by atoms with Crippen LogP contribution in [-0.4, -0.2) is 0 Å². The number of nitrogens with zero attached hydrogens (tertiary/aromatic N) is 1. The number of halogens is 2. The van der Waals surface area contributed by atoms with Crippen LogP contribution in [0.5, 0.6) is 0 Å². The highest BCUT2D eigenvalue weighted by Gasteiger charge is 2.08. The third kappa shape index (κ3) is 2.80. The molecule has 1 aromatic heterocycles. The van der Waals surface area contributed by atoms with E-state index in [1.165, 1.54) is 31.8 Å². The first-order valence-corrected chi connectivity index (χ1v) is 8.67. The van der Waals surface area contributed by atoms with Gasteiger partial charge in [-0.05, 0) is 24.0 Å². The molecule has 0 saturated heterocycles. The number of rotatable bonds is 3. The van der Waals surface area contributed by atoms with Crippen molar-refractivity contribution in [1.82, 2.24) is 0 Å². The zero-order valence-electron chi connectivity index (χ0n) is 10.2. The number of aryl methyl sites for hydroxylation is 2. The molecular weight excluding hydrogens is 305 g/mol. The van der Waals surface area contributed by atoms with Crippen molar-refractivity contribution >= 4 is 49.6 Å². The van der Waals surface area contributed by atoms with Crippen molar-refractivity contribution in [3.8, 4) is 0 Å². The summed E-state index contributed by atoms with van der Waals surface area (Å²) in [4.78, 5) is 4.72. The molecule has 0 aliphatic heterocycles. The molecule has 2 rings (SSSR count). The first-order valence-electron chi connectivity index (χ1n) is 5.77. The van der Waals surface area contributed by atoms with Crippen LogP contribution >= 0.6 is 43.9 Å². The molecule has 2 aromatic rings. The van der Waals surface area contributed by atoms with Crippen LogP contribution in [-0.2, 0) is 12.8 Å². The van der Waals surface area contributed by atoms with Gasteiger partial charge in [0.05, 0.1) is 5.69 Å². The standard InChI is InChI=1S/C13H13Cl2NS2/c1-3-8-6-5-7-9(4-2)11(8)16-13-10(14)12(15)17-18-13/h5-7H,3-4H2,1-2H3. The van der Waals surface area contributed by atoms with Gasteiger partial charge >= 0.3 is 0 Å². The fourth-order valence-corrected chi connectivity index (χ4v) is 4.50. The molecule has 0 unspecified atom stereocenters. The Hall–Kier alpha value is -0.350. The van der Waals surface area contributed by atoms with Gasteiger partial charge in [-0.3, -0.25) is 0 Å². The van der Waals surface area contributed by atoms with Crippen molar-refractivity contribution in [2.24, 2.45) is 4.99 Å². The van der Waals surface area contributed by atoms with Gasteiger partial charge in [0.1, 0.15) is 14.0 Å². The fourth-order valence-electron chi connectivity index (χ4n) is 1.76. The Morgan fingerprint density at radius 3 is 2.11 bits per heavy atom. The Kier molecular flexibility index (Phi) is 4.84. The molecule has 0 amide bonds. The lowest BCUT2D eigenvalue weighted by molar-refractivity contribution is 1.07. The lowest BCUT2D eigenvalue weighted by Crippen LogP contribution is -1.96. The molecule has 1 heterocycles. The van der Waals surface area contributed by atoms with Crippen LogP contribution in [0.1, 0.15) is 25.0 Å². The molecule has 1 nitrogen and oxygen atoms in total. The summed E-state index contributed by atoms with van der Waals surface area (Å²) in [6.45, 7) is 4.28. The summed E-state index contributed by atoms with van der Waals surface area (Å²) in [6, 6.07) is 6.32. The summed E-state index contributed by atoms with van der Waals surface area (Å²) in [7, 11) is 2.98. The molecule has 5 heteroatoms. The van der Waals surface area contributed by atoms with Gasteiger partial charge in [0, 0.05) is 0 Å². The molecule has 0 atom stereocenters. The molecule has 18 heavy (non-hydrogen) atoms. The summed E-state index contributed by atoms with van der Waals surface area (Å²) in [5, 5.41) is 0.569. The Morgan fingerprint density at radius 1 is 1.06 bits per heavy atom. The Balaban J connectivity index is 2.64. The van der Waals surface area contributed by atoms with Gasteiger partial charge in [-0.1, -0.05) is 75.9 Å². The summed E-state index contributed by atoms with van der Waals surface area (Å²) in [6.07, 6.45) is 1.93. The van der Waals surface area contributed by atoms with E-state index in [0.29, 0.717) is 9.36 Å². The topological polar surface area (TPSA) is 12.4 Å². The van der Waals surface area contributed by atoms with Gasteiger partial charge in [-0.25, -0.2) is 4.99 Å². The van der Waals surface area contributed by atoms with Crippen molar-refractivity contribution in [2.45, 2.75) is 26.7 Å². The monoisotopic (exact) mass is 317 g/mol. The van der Waals surface area contributed by atoms with E-state index in [1.807, 2.05) is 0 Å². The molecule has 1 aromatic carbocycles. The first-order chi connectivity index (χ1) is 8.67. The Labute approximate surface area is 124 Å². The molecule has 0 fully saturated rings. The van der Waals surface area contributed by atoms with Gasteiger partial charge in [0.2, 0.25) is 0 Å². The maximum absolute atomic E-state index is 6.14. The predicted octanol–water partition coefficient (Wildman–Crippen LogP) is 5.47. The van der Waals surface area contributed by atoms with Crippen LogP contribution in [0.4, 0.5) is 5.69 Å². The lowest BCUT2D eigenvalue weighted by Gasteiger charge is -2.07. The van der Waals surface area contributed by atoms with Gasteiger partial charge in [0.25, 0.3) is 0 Å². The second-order valence-electron chi connectivity index (χ2n) is 3.80. The minimum absolute atomic E-state index is 0.569. The average molecular weight is 318 g/mol. The number of hydrogen-bond donors (Lipinski definition) is 0. The third-order valence-electron chi connectivity index (χ3n) is 2.73. The number of benzene rings is 1. The van der Waals surface area contributed by atoms with Crippen molar-refractivity contribution in [1.29, 1.82) is 0 Å². The predicted molar refractivity (Wildman–Crippen MR) is 82.6 cm³/mol. The smallest absolute Gasteiger partial charge is 0.147 e. The second kappa shape index (κ2) is 6.20. The summed E-state index contributed by atoms with van der Waals surface area (Å²) < 4.78 is 1.43. The van der Waals surface area contributed by atoms with Crippen LogP contribution in [0, 0.1) is 0 Å². The van der Waals surface area contributed by atoms with Gasteiger partial charge in [0.15, 0.2) is 0 Å². The van der Waals surface area contributed by atoms with E-state index in [1.54, 1.807) is 0 Å². The maximum Gasteiger partial charge on any atom is 0.147 e. The highest BCUT2D eigenvalue weighted by Crippen LogP contribution is 2.30. The lowest BCUT2D eigenvalue weighted by atomic mass is 10.0. The normalized spacial score (nSPS) is 12.1. The van der Waals surface area contributed by atoms with E-state index in [4.69, 9.17) is 28.2 Å². The van der Waals surface area contributed by atoms with Gasteiger partial charge in [-0.2, -0.15) is 0 Å². The van der Waals surface area contributed by atoms with Crippen LogP contribution in [0.25, 0.3) is 0 Å². The van der Waals surface area contributed by atoms with Crippen molar-refractivity contribution in [3.05, 3.63) is 43.4 Å². The van der Waals surface area contributed by atoms with Crippen molar-refractivity contribution < 1.29 is 0 Å². The zero-order chi connectivity index (χ0) is 13.1.